The molecule has 18 heavy (non-hydrogen) atoms. The number of nitrogens with zero attached hydrogens (tertiary/aromatic N) is 2. The van der Waals surface area contributed by atoms with Gasteiger partial charge in [-0.1, -0.05) is 40.1 Å². The minimum absolute atomic E-state index is 0.372. The van der Waals surface area contributed by atoms with Crippen LogP contribution in [0.1, 0.15) is 36.7 Å². The van der Waals surface area contributed by atoms with Gasteiger partial charge in [-0.25, -0.2) is 4.63 Å². The number of benzene rings is 1. The maximum Gasteiger partial charge on any atom is 0.145 e. The molecule has 0 saturated carbocycles. The average Bonchev–Trinajstić information content (AvgIpc) is 2.73. The number of hydrogen-bond acceptors (Lipinski definition) is 4. The van der Waals surface area contributed by atoms with Crippen molar-refractivity contribution in [2.24, 2.45) is 0 Å². The highest BCUT2D eigenvalue weighted by molar-refractivity contribution is 9.10. The zero-order chi connectivity index (χ0) is 13.1. The van der Waals surface area contributed by atoms with Crippen molar-refractivity contribution in [2.45, 2.75) is 33.3 Å². The van der Waals surface area contributed by atoms with Crippen LogP contribution in [-0.2, 0) is 6.61 Å². The molecule has 5 heteroatoms. The summed E-state index contributed by atoms with van der Waals surface area (Å²) < 4.78 is 11.5. The Morgan fingerprint density at radius 3 is 2.72 bits per heavy atom. The number of ether oxygens (including phenoxy) is 1. The molecule has 4 nitrogen and oxygen atoms in total. The average molecular weight is 311 g/mol. The lowest BCUT2D eigenvalue weighted by Crippen LogP contribution is -2.01. The third-order valence-corrected chi connectivity index (χ3v) is 3.20. The quantitative estimate of drug-likeness (QED) is 0.860. The van der Waals surface area contributed by atoms with Gasteiger partial charge in [-0.3, -0.25) is 0 Å². The van der Waals surface area contributed by atoms with E-state index >= 15 is 0 Å². The minimum Gasteiger partial charge on any atom is -0.487 e. The van der Waals surface area contributed by atoms with E-state index in [2.05, 4.69) is 50.8 Å². The summed E-state index contributed by atoms with van der Waals surface area (Å²) in [5.74, 6) is 1.27. The topological polar surface area (TPSA) is 48.2 Å². The first-order chi connectivity index (χ1) is 8.58. The molecule has 2 rings (SSSR count). The van der Waals surface area contributed by atoms with E-state index < -0.39 is 0 Å². The second-order valence-electron chi connectivity index (χ2n) is 4.42. The SMILES string of the molecule is Cc1nonc1COc1ccc(Br)cc1C(C)C. The summed E-state index contributed by atoms with van der Waals surface area (Å²) in [6, 6.07) is 6.01. The fourth-order valence-electron chi connectivity index (χ4n) is 1.63. The van der Waals surface area contributed by atoms with Gasteiger partial charge in [-0.2, -0.15) is 0 Å². The summed E-state index contributed by atoms with van der Waals surface area (Å²) in [6.07, 6.45) is 0. The molecule has 0 aliphatic rings. The van der Waals surface area contributed by atoms with Crippen molar-refractivity contribution in [3.63, 3.8) is 0 Å². The molecular formula is C13H15BrN2O2. The van der Waals surface area contributed by atoms with E-state index in [1.54, 1.807) is 0 Å². The molecule has 0 fully saturated rings. The van der Waals surface area contributed by atoms with Gasteiger partial charge in [-0.15, -0.1) is 0 Å². The Morgan fingerprint density at radius 2 is 2.11 bits per heavy atom. The first-order valence-corrected chi connectivity index (χ1v) is 6.57. The number of rotatable bonds is 4. The van der Waals surface area contributed by atoms with Gasteiger partial charge in [-0.05, 0) is 36.6 Å². The van der Waals surface area contributed by atoms with Crippen molar-refractivity contribution in [1.29, 1.82) is 0 Å². The van der Waals surface area contributed by atoms with Crippen molar-refractivity contribution in [3.05, 3.63) is 39.6 Å². The van der Waals surface area contributed by atoms with E-state index in [0.29, 0.717) is 12.5 Å². The molecule has 0 N–H and O–H groups in total. The van der Waals surface area contributed by atoms with Crippen LogP contribution in [0, 0.1) is 6.92 Å². The van der Waals surface area contributed by atoms with Gasteiger partial charge < -0.3 is 4.74 Å². The van der Waals surface area contributed by atoms with Crippen LogP contribution in [-0.4, -0.2) is 10.3 Å². The highest BCUT2D eigenvalue weighted by atomic mass is 79.9. The summed E-state index contributed by atoms with van der Waals surface area (Å²) >= 11 is 3.47. The summed E-state index contributed by atoms with van der Waals surface area (Å²) in [6.45, 7) is 6.49. The molecule has 1 aromatic heterocycles. The molecule has 1 aromatic carbocycles. The second kappa shape index (κ2) is 5.52. The van der Waals surface area contributed by atoms with Gasteiger partial charge in [0.05, 0.1) is 0 Å². The molecule has 0 aliphatic heterocycles. The van der Waals surface area contributed by atoms with Crippen molar-refractivity contribution in [3.8, 4) is 5.75 Å². The van der Waals surface area contributed by atoms with E-state index in [4.69, 9.17) is 4.74 Å². The van der Waals surface area contributed by atoms with Crippen LogP contribution in [0.15, 0.2) is 27.3 Å². The number of aryl methyl sites for hydroxylation is 1. The first kappa shape index (κ1) is 13.1. The zero-order valence-electron chi connectivity index (χ0n) is 10.6. The number of halogens is 1. The minimum atomic E-state index is 0.372. The van der Waals surface area contributed by atoms with Gasteiger partial charge in [0, 0.05) is 4.47 Å². The molecule has 2 aromatic rings. The van der Waals surface area contributed by atoms with Crippen LogP contribution >= 0.6 is 15.9 Å². The normalized spacial score (nSPS) is 10.9. The maximum atomic E-state index is 5.80. The third-order valence-electron chi connectivity index (χ3n) is 2.70. The van der Waals surface area contributed by atoms with Gasteiger partial charge in [0.25, 0.3) is 0 Å². The van der Waals surface area contributed by atoms with Crippen LogP contribution in [0.2, 0.25) is 0 Å². The Labute approximate surface area is 114 Å². The second-order valence-corrected chi connectivity index (χ2v) is 5.34. The highest BCUT2D eigenvalue weighted by Gasteiger charge is 2.11. The molecule has 96 valence electrons. The standard InChI is InChI=1S/C13H15BrN2O2/c1-8(2)11-6-10(14)4-5-13(11)17-7-12-9(3)15-18-16-12/h4-6,8H,7H2,1-3H3. The monoisotopic (exact) mass is 310 g/mol. The van der Waals surface area contributed by atoms with E-state index in [-0.39, 0.29) is 0 Å². The third kappa shape index (κ3) is 2.90. The van der Waals surface area contributed by atoms with Crippen LogP contribution < -0.4 is 4.74 Å². The lowest BCUT2D eigenvalue weighted by Gasteiger charge is -2.13. The van der Waals surface area contributed by atoms with E-state index in [9.17, 15) is 0 Å². The van der Waals surface area contributed by atoms with Crippen LogP contribution in [0.25, 0.3) is 0 Å². The van der Waals surface area contributed by atoms with E-state index in [0.717, 1.165) is 21.6 Å². The van der Waals surface area contributed by atoms with Crippen LogP contribution in [0.5, 0.6) is 5.75 Å². The fourth-order valence-corrected chi connectivity index (χ4v) is 2.01. The van der Waals surface area contributed by atoms with Crippen LogP contribution in [0.4, 0.5) is 0 Å². The van der Waals surface area contributed by atoms with Gasteiger partial charge in [0.1, 0.15) is 23.7 Å². The molecule has 0 bridgehead atoms. The molecule has 1 heterocycles. The van der Waals surface area contributed by atoms with Crippen molar-refractivity contribution >= 4 is 15.9 Å². The molecule has 0 atom stereocenters. The summed E-state index contributed by atoms with van der Waals surface area (Å²) in [5, 5.41) is 7.53. The fraction of sp³-hybridized carbons (Fsp3) is 0.385. The molecular weight excluding hydrogens is 296 g/mol. The lowest BCUT2D eigenvalue weighted by molar-refractivity contribution is 0.268. The molecule has 0 spiro atoms. The molecule has 0 aliphatic carbocycles. The Balaban J connectivity index is 2.16. The zero-order valence-corrected chi connectivity index (χ0v) is 12.2. The Kier molecular flexibility index (Phi) is 4.01. The molecule has 0 radical (unpaired) electrons. The van der Waals surface area contributed by atoms with Crippen molar-refractivity contribution < 1.29 is 9.37 Å². The first-order valence-electron chi connectivity index (χ1n) is 5.78. The molecule has 0 saturated heterocycles. The summed E-state index contributed by atoms with van der Waals surface area (Å²) in [7, 11) is 0. The smallest absolute Gasteiger partial charge is 0.145 e. The van der Waals surface area contributed by atoms with Gasteiger partial charge in [0.15, 0.2) is 0 Å². The van der Waals surface area contributed by atoms with Crippen molar-refractivity contribution in [2.75, 3.05) is 0 Å². The Morgan fingerprint density at radius 1 is 1.33 bits per heavy atom. The Hall–Kier alpha value is -1.36. The van der Waals surface area contributed by atoms with Gasteiger partial charge >= 0.3 is 0 Å². The Bertz CT molecular complexity index is 538. The summed E-state index contributed by atoms with van der Waals surface area (Å²) in [4.78, 5) is 0. The van der Waals surface area contributed by atoms with E-state index in [1.807, 2.05) is 19.1 Å². The molecule has 0 amide bonds. The lowest BCUT2D eigenvalue weighted by atomic mass is 10.0. The largest absolute Gasteiger partial charge is 0.487 e. The number of hydrogen-bond donors (Lipinski definition) is 0. The van der Waals surface area contributed by atoms with E-state index in [1.165, 1.54) is 5.56 Å². The highest BCUT2D eigenvalue weighted by Crippen LogP contribution is 2.30. The summed E-state index contributed by atoms with van der Waals surface area (Å²) in [5.41, 5.74) is 2.66. The molecule has 0 unspecified atom stereocenters. The maximum absolute atomic E-state index is 5.80. The van der Waals surface area contributed by atoms with Crippen molar-refractivity contribution in [1.82, 2.24) is 10.3 Å². The number of aromatic nitrogens is 2. The van der Waals surface area contributed by atoms with Gasteiger partial charge in [0.2, 0.25) is 0 Å². The van der Waals surface area contributed by atoms with Crippen LogP contribution in [0.3, 0.4) is 0 Å². The predicted octanol–water partition coefficient (Wildman–Crippen LogP) is 3.84. The predicted molar refractivity (Wildman–Crippen MR) is 71.6 cm³/mol.